The molecular formula is C20H20N4. The third-order valence-corrected chi connectivity index (χ3v) is 3.98. The fourth-order valence-electron chi connectivity index (χ4n) is 2.74. The van der Waals surface area contributed by atoms with E-state index in [2.05, 4.69) is 58.8 Å². The number of aliphatic imine (C=N–C) groups is 2. The van der Waals surface area contributed by atoms with Gasteiger partial charge in [0.2, 0.25) is 0 Å². The first-order valence-electron chi connectivity index (χ1n) is 7.96. The zero-order chi connectivity index (χ0) is 16.8. The van der Waals surface area contributed by atoms with E-state index in [0.29, 0.717) is 0 Å². The number of aromatic nitrogens is 2. The maximum absolute atomic E-state index is 4.62. The van der Waals surface area contributed by atoms with Crippen LogP contribution in [-0.2, 0) is 0 Å². The molecule has 2 aliphatic rings. The van der Waals surface area contributed by atoms with Crippen LogP contribution < -0.4 is 0 Å². The lowest BCUT2D eigenvalue weighted by Crippen LogP contribution is -1.93. The van der Waals surface area contributed by atoms with E-state index < -0.39 is 0 Å². The molecule has 4 heteroatoms. The lowest BCUT2D eigenvalue weighted by molar-refractivity contribution is 0.936. The third-order valence-electron chi connectivity index (χ3n) is 3.98. The molecule has 120 valence electrons. The predicted octanol–water partition coefficient (Wildman–Crippen LogP) is 4.89. The second kappa shape index (κ2) is 7.51. The molecule has 1 aromatic heterocycles. The summed E-state index contributed by atoms with van der Waals surface area (Å²) in [7, 11) is 0. The van der Waals surface area contributed by atoms with Crippen molar-refractivity contribution in [3.8, 4) is 0 Å². The molecule has 0 N–H and O–H groups in total. The summed E-state index contributed by atoms with van der Waals surface area (Å²) in [5.41, 5.74) is 4.37. The minimum Gasteiger partial charge on any atom is -0.261 e. The molecular weight excluding hydrogens is 296 g/mol. The topological polar surface area (TPSA) is 42.5 Å². The van der Waals surface area contributed by atoms with Crippen molar-refractivity contribution in [1.29, 1.82) is 0 Å². The molecule has 0 amide bonds. The first-order chi connectivity index (χ1) is 11.8. The number of allylic oxidation sites excluding steroid dienone is 9. The van der Waals surface area contributed by atoms with Gasteiger partial charge in [0.1, 0.15) is 0 Å². The highest BCUT2D eigenvalue weighted by Gasteiger charge is 2.13. The third kappa shape index (κ3) is 3.33. The highest BCUT2D eigenvalue weighted by atomic mass is 15.3. The maximum Gasteiger partial charge on any atom is 0.161 e. The van der Waals surface area contributed by atoms with E-state index in [1.165, 1.54) is 11.1 Å². The fraction of sp³-hybridized carbons (Fsp3) is 0.150. The molecule has 1 aromatic rings. The average molecular weight is 316 g/mol. The van der Waals surface area contributed by atoms with E-state index in [1.807, 2.05) is 24.6 Å². The van der Waals surface area contributed by atoms with E-state index in [1.54, 1.807) is 10.9 Å². The Bertz CT molecular complexity index is 826. The molecule has 3 rings (SSSR count). The van der Waals surface area contributed by atoms with Gasteiger partial charge in [0.25, 0.3) is 0 Å². The lowest BCUT2D eigenvalue weighted by Gasteiger charge is -2.10. The molecule has 0 aromatic carbocycles. The fourth-order valence-corrected chi connectivity index (χ4v) is 2.74. The normalized spacial score (nSPS) is 21.6. The van der Waals surface area contributed by atoms with Gasteiger partial charge in [-0.3, -0.25) is 4.99 Å². The minimum absolute atomic E-state index is 0.725. The van der Waals surface area contributed by atoms with Gasteiger partial charge >= 0.3 is 0 Å². The molecule has 4 nitrogen and oxygen atoms in total. The van der Waals surface area contributed by atoms with Crippen molar-refractivity contribution in [2.45, 2.75) is 19.3 Å². The van der Waals surface area contributed by atoms with Gasteiger partial charge in [0.15, 0.2) is 5.82 Å². The van der Waals surface area contributed by atoms with Crippen molar-refractivity contribution in [3.63, 3.8) is 0 Å². The van der Waals surface area contributed by atoms with Crippen LogP contribution >= 0.6 is 0 Å². The maximum atomic E-state index is 4.62. The molecule has 24 heavy (non-hydrogen) atoms. The summed E-state index contributed by atoms with van der Waals surface area (Å²) in [6, 6.07) is 0. The van der Waals surface area contributed by atoms with Gasteiger partial charge in [-0.15, -0.1) is 0 Å². The Morgan fingerprint density at radius 2 is 2.04 bits per heavy atom. The van der Waals surface area contributed by atoms with Crippen LogP contribution in [0, 0.1) is 0 Å². The number of hydrogen-bond acceptors (Lipinski definition) is 3. The molecule has 1 aliphatic carbocycles. The predicted molar refractivity (Wildman–Crippen MR) is 103 cm³/mol. The van der Waals surface area contributed by atoms with Crippen molar-refractivity contribution in [3.05, 3.63) is 72.1 Å². The van der Waals surface area contributed by atoms with Crippen molar-refractivity contribution in [2.75, 3.05) is 0 Å². The summed E-state index contributed by atoms with van der Waals surface area (Å²) in [4.78, 5) is 8.73. The molecule has 0 saturated carbocycles. The van der Waals surface area contributed by atoms with Crippen molar-refractivity contribution >= 4 is 30.5 Å². The first-order valence-corrected chi connectivity index (χ1v) is 7.96. The van der Waals surface area contributed by atoms with E-state index in [4.69, 9.17) is 0 Å². The molecule has 0 atom stereocenters. The molecule has 0 radical (unpaired) electrons. The van der Waals surface area contributed by atoms with Crippen LogP contribution in [0.25, 0.3) is 11.8 Å². The Kier molecular flexibility index (Phi) is 4.96. The zero-order valence-electron chi connectivity index (χ0n) is 13.6. The SMILES string of the molecule is C=Cn1ncc(/C2=C/C=C(/C3=CC=CC=CC3)N=CCC2)c1N=C. The van der Waals surface area contributed by atoms with Crippen LogP contribution in [0.15, 0.2) is 76.6 Å². The largest absolute Gasteiger partial charge is 0.261 e. The molecule has 0 bridgehead atoms. The van der Waals surface area contributed by atoms with Gasteiger partial charge in [-0.2, -0.15) is 5.10 Å². The Balaban J connectivity index is 1.99. The van der Waals surface area contributed by atoms with Gasteiger partial charge in [-0.25, -0.2) is 9.67 Å². The summed E-state index contributed by atoms with van der Waals surface area (Å²) in [6.45, 7) is 7.41. The highest BCUT2D eigenvalue weighted by molar-refractivity contribution is 5.78. The van der Waals surface area contributed by atoms with E-state index in [0.717, 1.165) is 36.3 Å². The molecule has 0 saturated heterocycles. The van der Waals surface area contributed by atoms with Crippen LogP contribution in [-0.4, -0.2) is 22.7 Å². The summed E-state index contributed by atoms with van der Waals surface area (Å²) in [5, 5.41) is 4.30. The Morgan fingerprint density at radius 1 is 1.12 bits per heavy atom. The van der Waals surface area contributed by atoms with Crippen molar-refractivity contribution < 1.29 is 0 Å². The van der Waals surface area contributed by atoms with Crippen LogP contribution in [0.2, 0.25) is 0 Å². The summed E-state index contributed by atoms with van der Waals surface area (Å²) < 4.78 is 1.64. The van der Waals surface area contributed by atoms with Gasteiger partial charge < -0.3 is 0 Å². The second-order valence-corrected chi connectivity index (χ2v) is 5.47. The quantitative estimate of drug-likeness (QED) is 0.729. The molecule has 0 unspecified atom stereocenters. The molecule has 1 aliphatic heterocycles. The average Bonchev–Trinajstić information content (AvgIpc) is 2.80. The first kappa shape index (κ1) is 15.9. The van der Waals surface area contributed by atoms with Crippen LogP contribution in [0.5, 0.6) is 0 Å². The van der Waals surface area contributed by atoms with E-state index >= 15 is 0 Å². The standard InChI is InChI=1S/C20H20N4/c1-3-24-20(21-2)18(15-23-24)16-11-8-14-22-19(13-12-16)17-9-6-4-5-7-10-17/h3-7,9,12-15H,1-2,8,10-11H2/b16-12+,19-13-,22-14?. The van der Waals surface area contributed by atoms with Crippen molar-refractivity contribution in [1.82, 2.24) is 9.78 Å². The minimum atomic E-state index is 0.725. The van der Waals surface area contributed by atoms with E-state index in [-0.39, 0.29) is 0 Å². The molecule has 0 fully saturated rings. The monoisotopic (exact) mass is 316 g/mol. The van der Waals surface area contributed by atoms with Crippen LogP contribution in [0.3, 0.4) is 0 Å². The van der Waals surface area contributed by atoms with E-state index in [9.17, 15) is 0 Å². The van der Waals surface area contributed by atoms with Gasteiger partial charge in [0.05, 0.1) is 11.9 Å². The van der Waals surface area contributed by atoms with Gasteiger partial charge in [-0.1, -0.05) is 43.0 Å². The van der Waals surface area contributed by atoms with Crippen LogP contribution in [0.4, 0.5) is 5.82 Å². The Hall–Kier alpha value is -3.01. The summed E-state index contributed by atoms with van der Waals surface area (Å²) in [6.07, 6.45) is 22.7. The second-order valence-electron chi connectivity index (χ2n) is 5.47. The molecule has 0 spiro atoms. The van der Waals surface area contributed by atoms with Crippen LogP contribution in [0.1, 0.15) is 24.8 Å². The summed E-state index contributed by atoms with van der Waals surface area (Å²) in [5.74, 6) is 0.725. The van der Waals surface area contributed by atoms with Gasteiger partial charge in [-0.05, 0) is 43.2 Å². The lowest BCUT2D eigenvalue weighted by atomic mass is 10.0. The zero-order valence-corrected chi connectivity index (χ0v) is 13.6. The smallest absolute Gasteiger partial charge is 0.161 e. The highest BCUT2D eigenvalue weighted by Crippen LogP contribution is 2.31. The van der Waals surface area contributed by atoms with Gasteiger partial charge in [0, 0.05) is 18.0 Å². The summed E-state index contributed by atoms with van der Waals surface area (Å²) >= 11 is 0. The number of rotatable bonds is 4. The number of nitrogens with zero attached hydrogens (tertiary/aromatic N) is 4. The van der Waals surface area contributed by atoms with Crippen molar-refractivity contribution in [2.24, 2.45) is 9.98 Å². The Morgan fingerprint density at radius 3 is 2.88 bits per heavy atom. The Labute approximate surface area is 142 Å². The molecule has 2 heterocycles. The number of hydrogen-bond donors (Lipinski definition) is 0.